The molecule has 2 rings (SSSR count). The van der Waals surface area contributed by atoms with Crippen LogP contribution < -0.4 is 0 Å². The van der Waals surface area contributed by atoms with Gasteiger partial charge in [-0.2, -0.15) is 0 Å². The molecule has 0 aliphatic rings. The lowest BCUT2D eigenvalue weighted by Gasteiger charge is -1.94. The Labute approximate surface area is 130 Å². The Hall–Kier alpha value is -0.270. The summed E-state index contributed by atoms with van der Waals surface area (Å²) >= 11 is 8.58. The van der Waals surface area contributed by atoms with E-state index in [1.54, 1.807) is 36.4 Å². The van der Waals surface area contributed by atoms with Crippen LogP contribution in [0.1, 0.15) is 0 Å². The molecule has 17 heavy (non-hydrogen) atoms. The van der Waals surface area contributed by atoms with Gasteiger partial charge in [0.15, 0.2) is 0 Å². The zero-order chi connectivity index (χ0) is 12.8. The number of phenols is 2. The van der Waals surface area contributed by atoms with Crippen molar-refractivity contribution in [1.82, 2.24) is 0 Å². The zero-order valence-electron chi connectivity index (χ0n) is 8.57. The summed E-state index contributed by atoms with van der Waals surface area (Å²) in [5, 5.41) is 17.8. The van der Waals surface area contributed by atoms with Crippen LogP contribution in [0, 0.1) is 3.57 Å². The summed E-state index contributed by atoms with van der Waals surface area (Å²) in [5.74, 6) is 0.631. The maximum atomic E-state index is 9.02. The van der Waals surface area contributed by atoms with E-state index in [1.807, 2.05) is 6.07 Å². The molecule has 0 fully saturated rings. The van der Waals surface area contributed by atoms with Gasteiger partial charge >= 0.3 is 0 Å². The number of benzene rings is 2. The highest BCUT2D eigenvalue weighted by molar-refractivity contribution is 14.1. The molecule has 0 heterocycles. The number of aromatic hydroxyl groups is 2. The lowest BCUT2D eigenvalue weighted by atomic mass is 10.3. The molecular formula is C12H9Br2IO2. The number of phenolic OH excluding ortho intramolecular Hbond substituents is 2. The summed E-state index contributed by atoms with van der Waals surface area (Å²) in [5.41, 5.74) is 0. The largest absolute Gasteiger partial charge is 0.508 e. The van der Waals surface area contributed by atoms with E-state index in [0.29, 0.717) is 11.5 Å². The molecule has 0 bridgehead atoms. The van der Waals surface area contributed by atoms with E-state index >= 15 is 0 Å². The molecule has 0 unspecified atom stereocenters. The SMILES string of the molecule is Oc1ccc(Br)cc1.Oc1ccc(Br)cc1I. The van der Waals surface area contributed by atoms with Crippen molar-refractivity contribution >= 4 is 54.5 Å². The van der Waals surface area contributed by atoms with Gasteiger partial charge in [-0.25, -0.2) is 0 Å². The van der Waals surface area contributed by atoms with Gasteiger partial charge in [-0.3, -0.25) is 0 Å². The smallest absolute Gasteiger partial charge is 0.128 e. The Kier molecular flexibility index (Phi) is 6.29. The first-order valence-electron chi connectivity index (χ1n) is 4.57. The van der Waals surface area contributed by atoms with Crippen LogP contribution in [0.3, 0.4) is 0 Å². The van der Waals surface area contributed by atoms with Crippen molar-refractivity contribution in [1.29, 1.82) is 0 Å². The van der Waals surface area contributed by atoms with Gasteiger partial charge in [-0.15, -0.1) is 0 Å². The first-order chi connectivity index (χ1) is 7.99. The topological polar surface area (TPSA) is 40.5 Å². The van der Waals surface area contributed by atoms with Crippen LogP contribution >= 0.6 is 54.5 Å². The number of hydrogen-bond donors (Lipinski definition) is 2. The maximum Gasteiger partial charge on any atom is 0.128 e. The van der Waals surface area contributed by atoms with Crippen molar-refractivity contribution in [2.24, 2.45) is 0 Å². The summed E-state index contributed by atoms with van der Waals surface area (Å²) in [6.45, 7) is 0. The molecule has 0 aromatic heterocycles. The highest BCUT2D eigenvalue weighted by Crippen LogP contribution is 2.22. The predicted molar refractivity (Wildman–Crippen MR) is 84.3 cm³/mol. The minimum atomic E-state index is 0.299. The van der Waals surface area contributed by atoms with Gasteiger partial charge in [0.25, 0.3) is 0 Å². The number of rotatable bonds is 0. The van der Waals surface area contributed by atoms with Crippen LogP contribution in [0.2, 0.25) is 0 Å². The minimum Gasteiger partial charge on any atom is -0.508 e. The van der Waals surface area contributed by atoms with Crippen molar-refractivity contribution in [3.05, 3.63) is 55.0 Å². The summed E-state index contributed by atoms with van der Waals surface area (Å²) in [6, 6.07) is 12.2. The fourth-order valence-electron chi connectivity index (χ4n) is 0.922. The van der Waals surface area contributed by atoms with Gasteiger partial charge in [-0.05, 0) is 65.1 Å². The van der Waals surface area contributed by atoms with E-state index in [4.69, 9.17) is 10.2 Å². The lowest BCUT2D eigenvalue weighted by molar-refractivity contribution is 0.471. The van der Waals surface area contributed by atoms with Gasteiger partial charge in [-0.1, -0.05) is 31.9 Å². The summed E-state index contributed by atoms with van der Waals surface area (Å²) < 4.78 is 2.84. The molecular weight excluding hydrogens is 463 g/mol. The van der Waals surface area contributed by atoms with Crippen LogP contribution in [0.4, 0.5) is 0 Å². The van der Waals surface area contributed by atoms with Crippen molar-refractivity contribution in [3.8, 4) is 11.5 Å². The van der Waals surface area contributed by atoms with Crippen LogP contribution in [0.25, 0.3) is 0 Å². The molecule has 0 amide bonds. The minimum absolute atomic E-state index is 0.299. The number of hydrogen-bond acceptors (Lipinski definition) is 2. The fourth-order valence-corrected chi connectivity index (χ4v) is 2.49. The van der Waals surface area contributed by atoms with Crippen molar-refractivity contribution in [2.75, 3.05) is 0 Å². The molecule has 0 saturated heterocycles. The van der Waals surface area contributed by atoms with Gasteiger partial charge in [0.2, 0.25) is 0 Å². The van der Waals surface area contributed by atoms with Gasteiger partial charge in [0.1, 0.15) is 11.5 Å². The Morgan fingerprint density at radius 3 is 1.76 bits per heavy atom. The summed E-state index contributed by atoms with van der Waals surface area (Å²) in [7, 11) is 0. The average Bonchev–Trinajstić information content (AvgIpc) is 2.29. The van der Waals surface area contributed by atoms with E-state index in [2.05, 4.69) is 54.5 Å². The summed E-state index contributed by atoms with van der Waals surface area (Å²) in [6.07, 6.45) is 0. The second kappa shape index (κ2) is 7.23. The highest BCUT2D eigenvalue weighted by Gasteiger charge is 1.94. The summed E-state index contributed by atoms with van der Waals surface area (Å²) in [4.78, 5) is 0. The van der Waals surface area contributed by atoms with E-state index in [-0.39, 0.29) is 0 Å². The monoisotopic (exact) mass is 470 g/mol. The predicted octanol–water partition coefficient (Wildman–Crippen LogP) is 4.91. The molecule has 2 aromatic rings. The Morgan fingerprint density at radius 2 is 1.35 bits per heavy atom. The van der Waals surface area contributed by atoms with E-state index < -0.39 is 0 Å². The molecule has 0 aliphatic carbocycles. The van der Waals surface area contributed by atoms with Crippen LogP contribution in [-0.2, 0) is 0 Å². The van der Waals surface area contributed by atoms with E-state index in [0.717, 1.165) is 12.5 Å². The maximum absolute atomic E-state index is 9.02. The Balaban J connectivity index is 0.000000171. The third-order valence-electron chi connectivity index (χ3n) is 1.74. The Bertz CT molecular complexity index is 465. The molecule has 2 nitrogen and oxygen atoms in total. The first-order valence-corrected chi connectivity index (χ1v) is 7.24. The van der Waals surface area contributed by atoms with Gasteiger partial charge in [0, 0.05) is 8.95 Å². The molecule has 0 atom stereocenters. The van der Waals surface area contributed by atoms with Crippen molar-refractivity contribution < 1.29 is 10.2 Å². The molecule has 90 valence electrons. The van der Waals surface area contributed by atoms with Gasteiger partial charge < -0.3 is 10.2 Å². The fraction of sp³-hybridized carbons (Fsp3) is 0. The quantitative estimate of drug-likeness (QED) is 0.536. The highest BCUT2D eigenvalue weighted by atomic mass is 127. The normalized spacial score (nSPS) is 9.35. The third-order valence-corrected chi connectivity index (χ3v) is 3.62. The van der Waals surface area contributed by atoms with Crippen molar-refractivity contribution in [2.45, 2.75) is 0 Å². The van der Waals surface area contributed by atoms with Crippen LogP contribution in [0.15, 0.2) is 51.4 Å². The standard InChI is InChI=1S/C6H4BrIO.C6H5BrO/c7-4-1-2-6(9)5(8)3-4;7-5-1-3-6(8)4-2-5/h1-3,9H;1-4,8H. The Morgan fingerprint density at radius 1 is 0.824 bits per heavy atom. The first kappa shape index (κ1) is 14.8. The lowest BCUT2D eigenvalue weighted by Crippen LogP contribution is -1.71. The second-order valence-electron chi connectivity index (χ2n) is 3.07. The van der Waals surface area contributed by atoms with Crippen molar-refractivity contribution in [3.63, 3.8) is 0 Å². The zero-order valence-corrected chi connectivity index (χ0v) is 13.9. The van der Waals surface area contributed by atoms with E-state index in [9.17, 15) is 0 Å². The van der Waals surface area contributed by atoms with E-state index in [1.165, 1.54) is 0 Å². The number of halogens is 3. The molecule has 5 heteroatoms. The van der Waals surface area contributed by atoms with Gasteiger partial charge in [0.05, 0.1) is 3.57 Å². The molecule has 0 radical (unpaired) electrons. The molecule has 2 N–H and O–H groups in total. The average molecular weight is 472 g/mol. The molecule has 0 saturated carbocycles. The van der Waals surface area contributed by atoms with Crippen LogP contribution in [-0.4, -0.2) is 10.2 Å². The second-order valence-corrected chi connectivity index (χ2v) is 6.07. The molecule has 0 aliphatic heterocycles. The molecule has 0 spiro atoms. The third kappa shape index (κ3) is 5.74. The molecule has 2 aromatic carbocycles. The van der Waals surface area contributed by atoms with Crippen LogP contribution in [0.5, 0.6) is 11.5 Å².